The lowest BCUT2D eigenvalue weighted by Gasteiger charge is -2.10. The van der Waals surface area contributed by atoms with Gasteiger partial charge < -0.3 is 14.5 Å². The van der Waals surface area contributed by atoms with Crippen LogP contribution in [0.4, 0.5) is 0 Å². The van der Waals surface area contributed by atoms with E-state index in [1.807, 2.05) is 48.7 Å². The van der Waals surface area contributed by atoms with Crippen molar-refractivity contribution in [3.63, 3.8) is 0 Å². The molecule has 1 atom stereocenters. The van der Waals surface area contributed by atoms with E-state index in [2.05, 4.69) is 15.5 Å². The van der Waals surface area contributed by atoms with Crippen LogP contribution in [0, 0.1) is 0 Å². The Balaban J connectivity index is 1.45. The number of nitrogens with zero attached hydrogens (tertiary/aromatic N) is 2. The van der Waals surface area contributed by atoms with Crippen LogP contribution >= 0.6 is 23.1 Å². The zero-order valence-electron chi connectivity index (χ0n) is 14.5. The highest BCUT2D eigenvalue weighted by Crippen LogP contribution is 2.28. The first-order valence-electron chi connectivity index (χ1n) is 8.10. The van der Waals surface area contributed by atoms with Crippen molar-refractivity contribution in [2.75, 3.05) is 13.7 Å². The van der Waals surface area contributed by atoms with Gasteiger partial charge in [-0.15, -0.1) is 21.5 Å². The average molecular weight is 390 g/mol. The van der Waals surface area contributed by atoms with Crippen molar-refractivity contribution < 1.29 is 13.9 Å². The third-order valence-electron chi connectivity index (χ3n) is 3.66. The highest BCUT2D eigenvalue weighted by Gasteiger charge is 2.18. The summed E-state index contributed by atoms with van der Waals surface area (Å²) in [7, 11) is 1.64. The summed E-state index contributed by atoms with van der Waals surface area (Å²) in [6.45, 7) is 2.39. The molecule has 0 radical (unpaired) electrons. The minimum Gasteiger partial charge on any atom is -0.497 e. The lowest BCUT2D eigenvalue weighted by atomic mass is 10.1. The zero-order valence-corrected chi connectivity index (χ0v) is 16.1. The van der Waals surface area contributed by atoms with Crippen LogP contribution in [0.1, 0.15) is 12.5 Å². The monoisotopic (exact) mass is 389 g/mol. The highest BCUT2D eigenvalue weighted by molar-refractivity contribution is 8.00. The van der Waals surface area contributed by atoms with Gasteiger partial charge in [-0.2, -0.15) is 0 Å². The number of benzene rings is 1. The second-order valence-electron chi connectivity index (χ2n) is 5.50. The zero-order chi connectivity index (χ0) is 18.4. The summed E-state index contributed by atoms with van der Waals surface area (Å²) in [6, 6.07) is 11.7. The Hall–Kier alpha value is -2.32. The fourth-order valence-electron chi connectivity index (χ4n) is 2.23. The number of carbonyl (C=O) groups is 1. The summed E-state index contributed by atoms with van der Waals surface area (Å²) < 4.78 is 10.7. The molecule has 1 aromatic carbocycles. The number of methoxy groups -OCH3 is 1. The van der Waals surface area contributed by atoms with Gasteiger partial charge in [0.2, 0.25) is 5.91 Å². The van der Waals surface area contributed by atoms with Gasteiger partial charge in [-0.1, -0.05) is 30.0 Å². The average Bonchev–Trinajstić information content (AvgIpc) is 3.33. The first kappa shape index (κ1) is 18.5. The van der Waals surface area contributed by atoms with Crippen LogP contribution in [0.2, 0.25) is 0 Å². The molecule has 136 valence electrons. The van der Waals surface area contributed by atoms with Gasteiger partial charge in [0.05, 0.1) is 17.2 Å². The molecule has 3 rings (SSSR count). The van der Waals surface area contributed by atoms with Crippen molar-refractivity contribution in [1.82, 2.24) is 15.5 Å². The Morgan fingerprint density at radius 3 is 2.81 bits per heavy atom. The standard InChI is InChI=1S/C18H19N3O3S2/c1-12(26-18-21-20-17(24-18)15-4-3-11-25-15)16(22)19-10-9-13-5-7-14(23-2)8-6-13/h3-8,11-12H,9-10H2,1-2H3,(H,19,22)/t12-/m0/s1. The van der Waals surface area contributed by atoms with Crippen molar-refractivity contribution in [1.29, 1.82) is 0 Å². The fourth-order valence-corrected chi connectivity index (χ4v) is 3.58. The largest absolute Gasteiger partial charge is 0.497 e. The predicted octanol–water partition coefficient (Wildman–Crippen LogP) is 3.65. The molecule has 6 nitrogen and oxygen atoms in total. The first-order valence-corrected chi connectivity index (χ1v) is 9.86. The maximum Gasteiger partial charge on any atom is 0.277 e. The van der Waals surface area contributed by atoms with E-state index >= 15 is 0 Å². The van der Waals surface area contributed by atoms with E-state index < -0.39 is 0 Å². The van der Waals surface area contributed by atoms with E-state index in [0.717, 1.165) is 22.6 Å². The van der Waals surface area contributed by atoms with Gasteiger partial charge in [-0.25, -0.2) is 0 Å². The normalized spacial score (nSPS) is 11.9. The molecule has 26 heavy (non-hydrogen) atoms. The summed E-state index contributed by atoms with van der Waals surface area (Å²) in [5.41, 5.74) is 1.14. The minimum absolute atomic E-state index is 0.0561. The van der Waals surface area contributed by atoms with Crippen molar-refractivity contribution in [2.24, 2.45) is 0 Å². The summed E-state index contributed by atoms with van der Waals surface area (Å²) >= 11 is 2.79. The van der Waals surface area contributed by atoms with Crippen LogP contribution in [0.15, 0.2) is 51.4 Å². The third-order valence-corrected chi connectivity index (χ3v) is 5.45. The van der Waals surface area contributed by atoms with Crippen molar-refractivity contribution in [3.05, 3.63) is 47.3 Å². The number of ether oxygens (including phenoxy) is 1. The smallest absolute Gasteiger partial charge is 0.277 e. The van der Waals surface area contributed by atoms with E-state index in [4.69, 9.17) is 9.15 Å². The molecule has 8 heteroatoms. The number of thioether (sulfide) groups is 1. The number of nitrogens with one attached hydrogen (secondary N) is 1. The van der Waals surface area contributed by atoms with Crippen LogP contribution in [-0.2, 0) is 11.2 Å². The van der Waals surface area contributed by atoms with E-state index in [9.17, 15) is 4.79 Å². The topological polar surface area (TPSA) is 77.2 Å². The number of hydrogen-bond donors (Lipinski definition) is 1. The molecule has 0 spiro atoms. The second kappa shape index (κ2) is 8.86. The van der Waals surface area contributed by atoms with Gasteiger partial charge in [0.15, 0.2) is 0 Å². The summed E-state index contributed by atoms with van der Waals surface area (Å²) in [6.07, 6.45) is 0.760. The van der Waals surface area contributed by atoms with E-state index in [-0.39, 0.29) is 11.2 Å². The van der Waals surface area contributed by atoms with Gasteiger partial charge in [-0.05, 0) is 42.5 Å². The molecule has 2 aromatic heterocycles. The number of amides is 1. The fraction of sp³-hybridized carbons (Fsp3) is 0.278. The van der Waals surface area contributed by atoms with Crippen LogP contribution in [0.5, 0.6) is 5.75 Å². The molecule has 0 saturated heterocycles. The van der Waals surface area contributed by atoms with Crippen LogP contribution in [-0.4, -0.2) is 35.0 Å². The molecule has 0 bridgehead atoms. The van der Waals surface area contributed by atoms with E-state index in [1.165, 1.54) is 23.1 Å². The molecule has 2 heterocycles. The lowest BCUT2D eigenvalue weighted by molar-refractivity contribution is -0.120. The van der Waals surface area contributed by atoms with Crippen molar-refractivity contribution in [3.8, 4) is 16.5 Å². The molecule has 0 fully saturated rings. The summed E-state index contributed by atoms with van der Waals surface area (Å²) in [4.78, 5) is 13.2. The van der Waals surface area contributed by atoms with Gasteiger partial charge in [-0.3, -0.25) is 4.79 Å². The Morgan fingerprint density at radius 1 is 1.31 bits per heavy atom. The van der Waals surface area contributed by atoms with Crippen LogP contribution < -0.4 is 10.1 Å². The molecule has 1 amide bonds. The van der Waals surface area contributed by atoms with Crippen molar-refractivity contribution >= 4 is 29.0 Å². The highest BCUT2D eigenvalue weighted by atomic mass is 32.2. The van der Waals surface area contributed by atoms with Crippen LogP contribution in [0.3, 0.4) is 0 Å². The van der Waals surface area contributed by atoms with E-state index in [1.54, 1.807) is 7.11 Å². The Morgan fingerprint density at radius 2 is 2.12 bits per heavy atom. The number of aromatic nitrogens is 2. The van der Waals surface area contributed by atoms with Gasteiger partial charge in [0, 0.05) is 6.54 Å². The minimum atomic E-state index is -0.317. The maximum absolute atomic E-state index is 12.2. The maximum atomic E-state index is 12.2. The number of rotatable bonds is 8. The Kier molecular flexibility index (Phi) is 6.30. The molecule has 1 N–H and O–H groups in total. The predicted molar refractivity (Wildman–Crippen MR) is 103 cm³/mol. The van der Waals surface area contributed by atoms with Gasteiger partial charge in [0.25, 0.3) is 11.1 Å². The molecule has 0 aliphatic heterocycles. The molecule has 0 aliphatic rings. The second-order valence-corrected chi connectivity index (χ2v) is 7.74. The van der Waals surface area contributed by atoms with Crippen molar-refractivity contribution in [2.45, 2.75) is 23.8 Å². The molecule has 0 saturated carbocycles. The quantitative estimate of drug-likeness (QED) is 0.593. The number of thiophene rings is 1. The Bertz CT molecular complexity index is 832. The van der Waals surface area contributed by atoms with Gasteiger partial charge >= 0.3 is 0 Å². The number of hydrogen-bond acceptors (Lipinski definition) is 7. The summed E-state index contributed by atoms with van der Waals surface area (Å²) in [5, 5.41) is 13.0. The molecular weight excluding hydrogens is 370 g/mol. The molecular formula is C18H19N3O3S2. The molecule has 0 aliphatic carbocycles. The van der Waals surface area contributed by atoms with Crippen LogP contribution in [0.25, 0.3) is 10.8 Å². The molecule has 3 aromatic rings. The van der Waals surface area contributed by atoms with Gasteiger partial charge in [0.1, 0.15) is 5.75 Å². The Labute approximate surface area is 160 Å². The lowest BCUT2D eigenvalue weighted by Crippen LogP contribution is -2.32. The molecule has 0 unspecified atom stereocenters. The van der Waals surface area contributed by atoms with E-state index in [0.29, 0.717) is 17.7 Å². The SMILES string of the molecule is COc1ccc(CCNC(=O)[C@H](C)Sc2nnc(-c3cccs3)o2)cc1. The first-order chi connectivity index (χ1) is 12.7. The number of carbonyl (C=O) groups excluding carboxylic acids is 1. The third kappa shape index (κ3) is 4.86. The summed E-state index contributed by atoms with van der Waals surface area (Å²) in [5.74, 6) is 1.25.